The molecule has 1 aromatic heterocycles. The van der Waals surface area contributed by atoms with Crippen molar-refractivity contribution in [3.8, 4) is 0 Å². The Morgan fingerprint density at radius 1 is 1.69 bits per heavy atom. The maximum absolute atomic E-state index is 11.2. The number of thiazole rings is 1. The minimum atomic E-state index is -0.262. The Labute approximate surface area is 81.5 Å². The van der Waals surface area contributed by atoms with E-state index in [0.29, 0.717) is 10.8 Å². The molecule has 0 N–H and O–H groups in total. The summed E-state index contributed by atoms with van der Waals surface area (Å²) in [7, 11) is 3.26. The van der Waals surface area contributed by atoms with Gasteiger partial charge in [-0.05, 0) is 12.8 Å². The third-order valence-corrected chi connectivity index (χ3v) is 3.41. The van der Waals surface area contributed by atoms with E-state index >= 15 is 0 Å². The third-order valence-electron chi connectivity index (χ3n) is 2.11. The Balaban J connectivity index is 2.29. The van der Waals surface area contributed by atoms with Gasteiger partial charge in [0.2, 0.25) is 0 Å². The van der Waals surface area contributed by atoms with E-state index in [1.165, 1.54) is 31.3 Å². The zero-order valence-corrected chi connectivity index (χ0v) is 8.48. The van der Waals surface area contributed by atoms with Crippen LogP contribution in [0.4, 0.5) is 0 Å². The van der Waals surface area contributed by atoms with Gasteiger partial charge in [0.1, 0.15) is 4.88 Å². The number of nitrogens with zero attached hydrogens (tertiary/aromatic N) is 1. The Kier molecular flexibility index (Phi) is 2.11. The molecule has 68 valence electrons. The highest BCUT2D eigenvalue weighted by Gasteiger charge is 2.28. The summed E-state index contributed by atoms with van der Waals surface area (Å²) in [6.07, 6.45) is 2.43. The van der Waals surface area contributed by atoms with Crippen molar-refractivity contribution in [3.05, 3.63) is 9.88 Å². The van der Waals surface area contributed by atoms with Crippen molar-refractivity contribution < 1.29 is 9.53 Å². The summed E-state index contributed by atoms with van der Waals surface area (Å²) in [5, 5.41) is 1.10. The molecule has 0 amide bonds. The van der Waals surface area contributed by atoms with E-state index in [0.717, 1.165) is 10.6 Å². The maximum Gasteiger partial charge on any atom is 0.349 e. The first-order valence-corrected chi connectivity index (χ1v) is 5.09. The van der Waals surface area contributed by atoms with Gasteiger partial charge >= 0.3 is 5.97 Å². The quantitative estimate of drug-likeness (QED) is 0.495. The molecule has 0 radical (unpaired) electrons. The van der Waals surface area contributed by atoms with Gasteiger partial charge in [-0.25, -0.2) is 4.79 Å². The number of rotatable bonds is 2. The molecule has 1 aromatic rings. The van der Waals surface area contributed by atoms with Crippen LogP contribution < -0.4 is 5.59 Å². The van der Waals surface area contributed by atoms with Crippen LogP contribution in [0, 0.1) is 0 Å². The molecule has 0 unspecified atom stereocenters. The fraction of sp³-hybridized carbons (Fsp3) is 0.500. The Morgan fingerprint density at radius 2 is 2.38 bits per heavy atom. The monoisotopic (exact) mass is 195 g/mol. The molecule has 1 aliphatic carbocycles. The number of aromatic nitrogens is 1. The molecule has 3 nitrogen and oxygen atoms in total. The van der Waals surface area contributed by atoms with E-state index in [-0.39, 0.29) is 5.97 Å². The average molecular weight is 195 g/mol. The molecule has 0 saturated heterocycles. The average Bonchev–Trinajstić information content (AvgIpc) is 2.89. The van der Waals surface area contributed by atoms with Crippen molar-refractivity contribution >= 4 is 30.7 Å². The highest BCUT2D eigenvalue weighted by Crippen LogP contribution is 2.41. The van der Waals surface area contributed by atoms with Crippen LogP contribution in [0.15, 0.2) is 0 Å². The van der Waals surface area contributed by atoms with Gasteiger partial charge in [-0.15, -0.1) is 11.3 Å². The van der Waals surface area contributed by atoms with Gasteiger partial charge in [0.05, 0.1) is 12.1 Å². The second-order valence-corrected chi connectivity index (χ2v) is 4.26. The normalized spacial score (nSPS) is 15.8. The lowest BCUT2D eigenvalue weighted by Gasteiger charge is -1.93. The van der Waals surface area contributed by atoms with Gasteiger partial charge in [0.25, 0.3) is 0 Å². The number of ether oxygens (including phenoxy) is 1. The first-order valence-electron chi connectivity index (χ1n) is 4.28. The van der Waals surface area contributed by atoms with E-state index in [9.17, 15) is 4.79 Å². The zero-order valence-electron chi connectivity index (χ0n) is 7.66. The molecule has 5 heteroatoms. The topological polar surface area (TPSA) is 39.2 Å². The number of carbonyl (C=O) groups excluding carboxylic acids is 1. The van der Waals surface area contributed by atoms with Gasteiger partial charge < -0.3 is 4.74 Å². The minimum Gasteiger partial charge on any atom is -0.465 e. The van der Waals surface area contributed by atoms with Crippen molar-refractivity contribution in [1.29, 1.82) is 0 Å². The van der Waals surface area contributed by atoms with Crippen LogP contribution in [-0.4, -0.2) is 25.9 Å². The largest absolute Gasteiger partial charge is 0.465 e. The summed E-state index contributed by atoms with van der Waals surface area (Å²) in [6, 6.07) is 0. The highest BCUT2D eigenvalue weighted by molar-refractivity contribution is 7.14. The highest BCUT2D eigenvalue weighted by atomic mass is 32.1. The first kappa shape index (κ1) is 8.75. The van der Waals surface area contributed by atoms with Gasteiger partial charge in [0, 0.05) is 11.5 Å². The molecule has 0 bridgehead atoms. The molecule has 1 saturated carbocycles. The fourth-order valence-electron chi connectivity index (χ4n) is 1.20. The number of hydrogen-bond acceptors (Lipinski definition) is 4. The lowest BCUT2D eigenvalue weighted by molar-refractivity contribution is 0.0607. The van der Waals surface area contributed by atoms with Gasteiger partial charge in [-0.3, -0.25) is 4.98 Å². The molecular formula is C8H10BNO2S. The number of carbonyl (C=O) groups is 1. The lowest BCUT2D eigenvalue weighted by atomic mass is 10.0. The van der Waals surface area contributed by atoms with E-state index in [1.54, 1.807) is 0 Å². The molecule has 1 heterocycles. The van der Waals surface area contributed by atoms with Crippen molar-refractivity contribution in [3.63, 3.8) is 0 Å². The van der Waals surface area contributed by atoms with Crippen LogP contribution in [0.25, 0.3) is 0 Å². The molecule has 0 aliphatic heterocycles. The summed E-state index contributed by atoms with van der Waals surface area (Å²) in [6.45, 7) is 0. The van der Waals surface area contributed by atoms with Crippen molar-refractivity contribution in [2.75, 3.05) is 7.11 Å². The number of hydrogen-bond donors (Lipinski definition) is 0. The van der Waals surface area contributed by atoms with Crippen molar-refractivity contribution in [2.45, 2.75) is 18.8 Å². The molecule has 1 fully saturated rings. The van der Waals surface area contributed by atoms with Crippen LogP contribution in [0.1, 0.15) is 33.4 Å². The SMILES string of the molecule is Bc1nc(C2CC2)sc1C(=O)OC. The molecule has 0 aromatic carbocycles. The standard InChI is InChI=1S/C8H10BNO2S/c1-12-8(11)5-6(9)10-7(13-5)4-2-3-4/h4H,2-3,9H2,1H3. The van der Waals surface area contributed by atoms with Crippen LogP contribution in [0.2, 0.25) is 0 Å². The zero-order chi connectivity index (χ0) is 9.42. The lowest BCUT2D eigenvalue weighted by Crippen LogP contribution is -2.14. The summed E-state index contributed by atoms with van der Waals surface area (Å²) in [4.78, 5) is 16.3. The van der Waals surface area contributed by atoms with E-state index in [1.807, 2.05) is 7.85 Å². The predicted molar refractivity (Wildman–Crippen MR) is 53.6 cm³/mol. The maximum atomic E-state index is 11.2. The molecule has 1 aliphatic rings. The van der Waals surface area contributed by atoms with Crippen LogP contribution >= 0.6 is 11.3 Å². The molecule has 2 rings (SSSR count). The summed E-state index contributed by atoms with van der Waals surface area (Å²) >= 11 is 1.48. The summed E-state index contributed by atoms with van der Waals surface area (Å²) in [5.41, 5.74) is 0.804. The Hall–Kier alpha value is -0.835. The first-order chi connectivity index (χ1) is 6.22. The third kappa shape index (κ3) is 1.61. The molecular weight excluding hydrogens is 185 g/mol. The summed E-state index contributed by atoms with van der Waals surface area (Å²) in [5.74, 6) is 0.351. The van der Waals surface area contributed by atoms with Crippen molar-refractivity contribution in [1.82, 2.24) is 4.98 Å². The van der Waals surface area contributed by atoms with E-state index < -0.39 is 0 Å². The Bertz CT molecular complexity index is 346. The van der Waals surface area contributed by atoms with Gasteiger partial charge in [0.15, 0.2) is 7.85 Å². The van der Waals surface area contributed by atoms with Gasteiger partial charge in [-0.1, -0.05) is 0 Å². The smallest absolute Gasteiger partial charge is 0.349 e. The van der Waals surface area contributed by atoms with Crippen molar-refractivity contribution in [2.24, 2.45) is 0 Å². The molecule has 0 spiro atoms. The van der Waals surface area contributed by atoms with Crippen LogP contribution in [-0.2, 0) is 4.74 Å². The second-order valence-electron chi connectivity index (χ2n) is 3.23. The number of methoxy groups -OCH3 is 1. The summed E-state index contributed by atoms with van der Waals surface area (Å²) < 4.78 is 4.66. The fourth-order valence-corrected chi connectivity index (χ4v) is 2.36. The molecule has 0 atom stereocenters. The Morgan fingerprint density at radius 3 is 2.92 bits per heavy atom. The number of esters is 1. The predicted octanol–water partition coefficient (Wildman–Crippen LogP) is 0.0655. The molecule has 13 heavy (non-hydrogen) atoms. The van der Waals surface area contributed by atoms with E-state index in [4.69, 9.17) is 0 Å². The second kappa shape index (κ2) is 3.14. The van der Waals surface area contributed by atoms with Gasteiger partial charge in [-0.2, -0.15) is 0 Å². The van der Waals surface area contributed by atoms with Crippen LogP contribution in [0.5, 0.6) is 0 Å². The van der Waals surface area contributed by atoms with Crippen LogP contribution in [0.3, 0.4) is 0 Å². The van der Waals surface area contributed by atoms with E-state index in [2.05, 4.69) is 9.72 Å². The minimum absolute atomic E-state index is 0.262.